The Hall–Kier alpha value is -1.66. The van der Waals surface area contributed by atoms with Gasteiger partial charge < -0.3 is 24.8 Å². The summed E-state index contributed by atoms with van der Waals surface area (Å²) in [5.74, 6) is 1.43. The number of piperidine rings is 1. The van der Waals surface area contributed by atoms with Gasteiger partial charge in [-0.05, 0) is 11.8 Å². The van der Waals surface area contributed by atoms with Crippen molar-refractivity contribution in [1.29, 1.82) is 0 Å². The fourth-order valence-electron chi connectivity index (χ4n) is 2.91. The van der Waals surface area contributed by atoms with Gasteiger partial charge in [0.25, 0.3) is 5.91 Å². The number of amides is 1. The van der Waals surface area contributed by atoms with E-state index in [0.717, 1.165) is 6.42 Å². The number of methoxy groups -OCH3 is 3. The maximum Gasteiger partial charge on any atom is 0.257 e. The molecule has 0 spiro atoms. The fourth-order valence-corrected chi connectivity index (χ4v) is 2.91. The zero-order chi connectivity index (χ0) is 17.2. The van der Waals surface area contributed by atoms with E-state index in [-0.39, 0.29) is 29.8 Å². The summed E-state index contributed by atoms with van der Waals surface area (Å²) in [4.78, 5) is 14.8. The molecule has 0 radical (unpaired) electrons. The van der Waals surface area contributed by atoms with Gasteiger partial charge in [0.1, 0.15) is 5.75 Å². The normalized spacial score (nSPS) is 19.2. The highest BCUT2D eigenvalue weighted by atomic mass is 35.5. The standard InChI is InChI=1S/C17H26N2O4.ClH/c1-17(2)10-19(7-6-15(17)18)16(20)11-8-13(22-4)14(23-5)9-12(11)21-3;/h8-9,15H,6-7,10,18H2,1-5H3;1H. The van der Waals surface area contributed by atoms with Crippen LogP contribution in [0.3, 0.4) is 0 Å². The minimum absolute atomic E-state index is 0. The van der Waals surface area contributed by atoms with Crippen LogP contribution >= 0.6 is 12.4 Å². The van der Waals surface area contributed by atoms with E-state index in [1.165, 1.54) is 7.11 Å². The smallest absolute Gasteiger partial charge is 0.257 e. The van der Waals surface area contributed by atoms with Crippen molar-refractivity contribution in [1.82, 2.24) is 4.90 Å². The van der Waals surface area contributed by atoms with E-state index in [0.29, 0.717) is 35.9 Å². The highest BCUT2D eigenvalue weighted by molar-refractivity contribution is 5.98. The monoisotopic (exact) mass is 358 g/mol. The fraction of sp³-hybridized carbons (Fsp3) is 0.588. The van der Waals surface area contributed by atoms with Crippen molar-refractivity contribution in [3.63, 3.8) is 0 Å². The van der Waals surface area contributed by atoms with Crippen LogP contribution in [0.25, 0.3) is 0 Å². The molecule has 0 saturated carbocycles. The zero-order valence-electron chi connectivity index (χ0n) is 14.9. The zero-order valence-corrected chi connectivity index (χ0v) is 15.7. The minimum Gasteiger partial charge on any atom is -0.496 e. The molecule has 1 fully saturated rings. The molecule has 2 N–H and O–H groups in total. The molecule has 6 nitrogen and oxygen atoms in total. The first kappa shape index (κ1) is 20.4. The SMILES string of the molecule is COc1cc(OC)c(C(=O)N2CCC(N)C(C)(C)C2)cc1OC.Cl. The summed E-state index contributed by atoms with van der Waals surface area (Å²) in [7, 11) is 4.63. The molecule has 7 heteroatoms. The number of ether oxygens (including phenoxy) is 3. The molecule has 1 amide bonds. The number of carbonyl (C=O) groups is 1. The van der Waals surface area contributed by atoms with E-state index in [2.05, 4.69) is 13.8 Å². The quantitative estimate of drug-likeness (QED) is 0.894. The first-order chi connectivity index (χ1) is 10.8. The van der Waals surface area contributed by atoms with Gasteiger partial charge in [-0.2, -0.15) is 0 Å². The average molecular weight is 359 g/mol. The summed E-state index contributed by atoms with van der Waals surface area (Å²) in [6.07, 6.45) is 0.786. The maximum absolute atomic E-state index is 13.0. The van der Waals surface area contributed by atoms with Crippen LogP contribution in [0.2, 0.25) is 0 Å². The molecule has 1 unspecified atom stereocenters. The lowest BCUT2D eigenvalue weighted by atomic mass is 9.79. The molecule has 24 heavy (non-hydrogen) atoms. The Morgan fingerprint density at radius 3 is 2.17 bits per heavy atom. The first-order valence-electron chi connectivity index (χ1n) is 7.69. The maximum atomic E-state index is 13.0. The van der Waals surface area contributed by atoms with Crippen LogP contribution in [0.5, 0.6) is 17.2 Å². The van der Waals surface area contributed by atoms with Crippen molar-refractivity contribution >= 4 is 18.3 Å². The Kier molecular flexibility index (Phi) is 6.75. The summed E-state index contributed by atoms with van der Waals surface area (Å²) >= 11 is 0. The molecule has 0 bridgehead atoms. The predicted octanol–water partition coefficient (Wildman–Crippen LogP) is 2.33. The molecular formula is C17H27ClN2O4. The van der Waals surface area contributed by atoms with Crippen LogP contribution in [-0.4, -0.2) is 51.3 Å². The van der Waals surface area contributed by atoms with E-state index < -0.39 is 0 Å². The third-order valence-electron chi connectivity index (χ3n) is 4.54. The molecule has 1 aromatic rings. The predicted molar refractivity (Wildman–Crippen MR) is 95.6 cm³/mol. The van der Waals surface area contributed by atoms with E-state index in [1.807, 2.05) is 4.90 Å². The van der Waals surface area contributed by atoms with Crippen molar-refractivity contribution in [3.8, 4) is 17.2 Å². The number of benzene rings is 1. The number of carbonyl (C=O) groups excluding carboxylic acids is 1. The van der Waals surface area contributed by atoms with Crippen molar-refractivity contribution in [3.05, 3.63) is 17.7 Å². The molecule has 136 valence electrons. The van der Waals surface area contributed by atoms with Gasteiger partial charge in [-0.15, -0.1) is 12.4 Å². The number of nitrogens with zero attached hydrogens (tertiary/aromatic N) is 1. The van der Waals surface area contributed by atoms with Crippen LogP contribution in [0.1, 0.15) is 30.6 Å². The van der Waals surface area contributed by atoms with Crippen LogP contribution in [-0.2, 0) is 0 Å². The number of hydrogen-bond donors (Lipinski definition) is 1. The first-order valence-corrected chi connectivity index (χ1v) is 7.69. The number of halogens is 1. The molecule has 1 heterocycles. The molecule has 1 aliphatic rings. The molecule has 2 rings (SSSR count). The molecule has 1 atom stereocenters. The van der Waals surface area contributed by atoms with Gasteiger partial charge >= 0.3 is 0 Å². The van der Waals surface area contributed by atoms with E-state index in [1.54, 1.807) is 26.4 Å². The van der Waals surface area contributed by atoms with Gasteiger partial charge in [-0.3, -0.25) is 4.79 Å². The average Bonchev–Trinajstić information content (AvgIpc) is 2.55. The Morgan fingerprint density at radius 2 is 1.67 bits per heavy atom. The van der Waals surface area contributed by atoms with Crippen molar-refractivity contribution in [2.24, 2.45) is 11.1 Å². The Labute approximate surface area is 149 Å². The molecule has 0 aliphatic carbocycles. The third-order valence-corrected chi connectivity index (χ3v) is 4.54. The van der Waals surface area contributed by atoms with Gasteiger partial charge in [0, 0.05) is 31.3 Å². The van der Waals surface area contributed by atoms with E-state index in [4.69, 9.17) is 19.9 Å². The van der Waals surface area contributed by atoms with Gasteiger partial charge in [0.05, 0.1) is 26.9 Å². The third kappa shape index (κ3) is 3.87. The second-order valence-corrected chi connectivity index (χ2v) is 6.52. The Morgan fingerprint density at radius 1 is 1.12 bits per heavy atom. The summed E-state index contributed by atoms with van der Waals surface area (Å²) in [5.41, 5.74) is 6.51. The van der Waals surface area contributed by atoms with Crippen LogP contribution in [0.15, 0.2) is 12.1 Å². The number of likely N-dealkylation sites (tertiary alicyclic amines) is 1. The largest absolute Gasteiger partial charge is 0.496 e. The van der Waals surface area contributed by atoms with E-state index in [9.17, 15) is 4.79 Å². The van der Waals surface area contributed by atoms with Crippen LogP contribution in [0.4, 0.5) is 0 Å². The van der Waals surface area contributed by atoms with Crippen molar-refractivity contribution in [2.45, 2.75) is 26.3 Å². The van der Waals surface area contributed by atoms with E-state index >= 15 is 0 Å². The summed E-state index contributed by atoms with van der Waals surface area (Å²) in [6.45, 7) is 5.43. The lowest BCUT2D eigenvalue weighted by molar-refractivity contribution is 0.0529. The van der Waals surface area contributed by atoms with Crippen LogP contribution in [0, 0.1) is 5.41 Å². The van der Waals surface area contributed by atoms with Crippen molar-refractivity contribution in [2.75, 3.05) is 34.4 Å². The summed E-state index contributed by atoms with van der Waals surface area (Å²) in [5, 5.41) is 0. The summed E-state index contributed by atoms with van der Waals surface area (Å²) in [6, 6.07) is 3.44. The Bertz CT molecular complexity index is 592. The van der Waals surface area contributed by atoms with Gasteiger partial charge in [0.15, 0.2) is 11.5 Å². The molecule has 1 aliphatic heterocycles. The second-order valence-electron chi connectivity index (χ2n) is 6.52. The van der Waals surface area contributed by atoms with Gasteiger partial charge in [0.2, 0.25) is 0 Å². The molecular weight excluding hydrogens is 332 g/mol. The van der Waals surface area contributed by atoms with Gasteiger partial charge in [-0.1, -0.05) is 13.8 Å². The topological polar surface area (TPSA) is 74.0 Å². The second kappa shape index (κ2) is 7.94. The molecule has 0 aromatic heterocycles. The minimum atomic E-state index is -0.113. The highest BCUT2D eigenvalue weighted by Crippen LogP contribution is 2.36. The lowest BCUT2D eigenvalue weighted by Gasteiger charge is -2.42. The van der Waals surface area contributed by atoms with Crippen LogP contribution < -0.4 is 19.9 Å². The lowest BCUT2D eigenvalue weighted by Crippen LogP contribution is -2.54. The molecule has 1 aromatic carbocycles. The number of nitrogens with two attached hydrogens (primary N) is 1. The highest BCUT2D eigenvalue weighted by Gasteiger charge is 2.36. The van der Waals surface area contributed by atoms with Gasteiger partial charge in [-0.25, -0.2) is 0 Å². The summed E-state index contributed by atoms with van der Waals surface area (Å²) < 4.78 is 15.9. The van der Waals surface area contributed by atoms with Crippen molar-refractivity contribution < 1.29 is 19.0 Å². The Balaban J connectivity index is 0.00000288. The number of rotatable bonds is 4. The molecule has 1 saturated heterocycles. The number of hydrogen-bond acceptors (Lipinski definition) is 5.